The van der Waals surface area contributed by atoms with E-state index in [1.165, 1.54) is 12.1 Å². The van der Waals surface area contributed by atoms with Crippen LogP contribution in [0.4, 0.5) is 8.78 Å². The van der Waals surface area contributed by atoms with Gasteiger partial charge in [0.2, 0.25) is 5.82 Å². The summed E-state index contributed by atoms with van der Waals surface area (Å²) >= 11 is 0. The fourth-order valence-corrected chi connectivity index (χ4v) is 1.63. The van der Waals surface area contributed by atoms with E-state index in [2.05, 4.69) is 4.74 Å². The summed E-state index contributed by atoms with van der Waals surface area (Å²) in [4.78, 5) is 10.1. The van der Waals surface area contributed by atoms with Gasteiger partial charge in [0.25, 0.3) is 6.47 Å². The summed E-state index contributed by atoms with van der Waals surface area (Å²) in [5.74, 6) is -2.61. The Morgan fingerprint density at radius 1 is 1.00 bits per heavy atom. The second kappa shape index (κ2) is 4.96. The zero-order valence-electron chi connectivity index (χ0n) is 9.61. The lowest BCUT2D eigenvalue weighted by atomic mass is 10.0. The SMILES string of the molecule is Cc1ccc(-c2ccc(OC=O)c(F)c2F)cc1. The Labute approximate surface area is 103 Å². The third-order valence-electron chi connectivity index (χ3n) is 2.58. The zero-order valence-corrected chi connectivity index (χ0v) is 9.61. The molecule has 0 aliphatic heterocycles. The fourth-order valence-electron chi connectivity index (χ4n) is 1.63. The molecule has 2 aromatic carbocycles. The van der Waals surface area contributed by atoms with Gasteiger partial charge in [-0.3, -0.25) is 4.79 Å². The monoisotopic (exact) mass is 248 g/mol. The molecule has 0 unspecified atom stereocenters. The van der Waals surface area contributed by atoms with Crippen molar-refractivity contribution in [1.82, 2.24) is 0 Å². The maximum Gasteiger partial charge on any atom is 0.298 e. The average molecular weight is 248 g/mol. The second-order valence-electron chi connectivity index (χ2n) is 3.82. The normalized spacial score (nSPS) is 10.2. The van der Waals surface area contributed by atoms with Gasteiger partial charge < -0.3 is 4.74 Å². The number of ether oxygens (including phenoxy) is 1. The van der Waals surface area contributed by atoms with Gasteiger partial charge in [0.15, 0.2) is 11.6 Å². The van der Waals surface area contributed by atoms with E-state index >= 15 is 0 Å². The molecule has 2 nitrogen and oxygen atoms in total. The average Bonchev–Trinajstić information content (AvgIpc) is 2.37. The molecule has 0 heterocycles. The van der Waals surface area contributed by atoms with Gasteiger partial charge in [-0.05, 0) is 24.6 Å². The lowest BCUT2D eigenvalue weighted by Crippen LogP contribution is -1.97. The molecule has 0 fully saturated rings. The lowest BCUT2D eigenvalue weighted by Gasteiger charge is -2.07. The van der Waals surface area contributed by atoms with Crippen molar-refractivity contribution in [3.8, 4) is 16.9 Å². The van der Waals surface area contributed by atoms with Crippen LogP contribution in [0.5, 0.6) is 5.75 Å². The van der Waals surface area contributed by atoms with E-state index in [9.17, 15) is 13.6 Å². The standard InChI is InChI=1S/C14H10F2O2/c1-9-2-4-10(5-3-9)11-6-7-12(18-8-17)14(16)13(11)15/h2-8H,1H3. The number of carbonyl (C=O) groups excluding carboxylic acids is 1. The van der Waals surface area contributed by atoms with Crippen molar-refractivity contribution in [3.05, 3.63) is 53.6 Å². The van der Waals surface area contributed by atoms with Crippen LogP contribution in [0.3, 0.4) is 0 Å². The van der Waals surface area contributed by atoms with Gasteiger partial charge in [-0.25, -0.2) is 4.39 Å². The lowest BCUT2D eigenvalue weighted by molar-refractivity contribution is -0.120. The molecule has 18 heavy (non-hydrogen) atoms. The molecule has 0 N–H and O–H groups in total. The third-order valence-corrected chi connectivity index (χ3v) is 2.58. The first-order chi connectivity index (χ1) is 8.63. The van der Waals surface area contributed by atoms with Crippen LogP contribution in [0.1, 0.15) is 5.56 Å². The Kier molecular flexibility index (Phi) is 3.37. The van der Waals surface area contributed by atoms with Gasteiger partial charge in [-0.1, -0.05) is 29.8 Å². The predicted molar refractivity (Wildman–Crippen MR) is 63.2 cm³/mol. The maximum absolute atomic E-state index is 13.8. The minimum absolute atomic E-state index is 0.0589. The first-order valence-corrected chi connectivity index (χ1v) is 5.29. The summed E-state index contributed by atoms with van der Waals surface area (Å²) in [5, 5.41) is 0. The van der Waals surface area contributed by atoms with Crippen molar-refractivity contribution in [1.29, 1.82) is 0 Å². The predicted octanol–water partition coefficient (Wildman–Crippen LogP) is 3.48. The largest absolute Gasteiger partial charge is 0.425 e. The molecule has 0 aromatic heterocycles. The Morgan fingerprint density at radius 3 is 2.28 bits per heavy atom. The third kappa shape index (κ3) is 2.22. The van der Waals surface area contributed by atoms with E-state index in [0.717, 1.165) is 5.56 Å². The molecular formula is C14H10F2O2. The van der Waals surface area contributed by atoms with Crippen LogP contribution in [-0.2, 0) is 4.79 Å². The second-order valence-corrected chi connectivity index (χ2v) is 3.82. The minimum Gasteiger partial charge on any atom is -0.425 e. The molecule has 0 amide bonds. The molecule has 0 aliphatic rings. The first-order valence-electron chi connectivity index (χ1n) is 5.29. The number of rotatable bonds is 3. The number of hydrogen-bond acceptors (Lipinski definition) is 2. The van der Waals surface area contributed by atoms with Gasteiger partial charge >= 0.3 is 0 Å². The smallest absolute Gasteiger partial charge is 0.298 e. The molecular weight excluding hydrogens is 238 g/mol. The Bertz CT molecular complexity index is 577. The molecule has 0 aliphatic carbocycles. The molecule has 0 saturated carbocycles. The summed E-state index contributed by atoms with van der Waals surface area (Å²) < 4.78 is 31.7. The molecule has 2 rings (SSSR count). The molecule has 0 atom stereocenters. The molecule has 2 aromatic rings. The number of halogens is 2. The van der Waals surface area contributed by atoms with Gasteiger partial charge in [0, 0.05) is 5.56 Å². The van der Waals surface area contributed by atoms with E-state index in [-0.39, 0.29) is 12.0 Å². The highest BCUT2D eigenvalue weighted by molar-refractivity contribution is 5.66. The molecule has 0 saturated heterocycles. The zero-order chi connectivity index (χ0) is 13.1. The van der Waals surface area contributed by atoms with Crippen LogP contribution in [0.15, 0.2) is 36.4 Å². The first kappa shape index (κ1) is 12.2. The van der Waals surface area contributed by atoms with Gasteiger partial charge in [0.05, 0.1) is 0 Å². The van der Waals surface area contributed by atoms with Crippen LogP contribution in [0, 0.1) is 18.6 Å². The van der Waals surface area contributed by atoms with Gasteiger partial charge in [-0.2, -0.15) is 4.39 Å². The Hall–Kier alpha value is -2.23. The molecule has 0 radical (unpaired) electrons. The number of carbonyl (C=O) groups is 1. The quantitative estimate of drug-likeness (QED) is 0.777. The Morgan fingerprint density at radius 2 is 1.67 bits per heavy atom. The summed E-state index contributed by atoms with van der Waals surface area (Å²) in [6, 6.07) is 9.62. The Balaban J connectivity index is 2.49. The highest BCUT2D eigenvalue weighted by atomic mass is 19.2. The van der Waals surface area contributed by atoms with E-state index in [1.54, 1.807) is 12.1 Å². The van der Waals surface area contributed by atoms with Crippen LogP contribution in [0.25, 0.3) is 11.1 Å². The fraction of sp³-hybridized carbons (Fsp3) is 0.0714. The van der Waals surface area contributed by atoms with Crippen molar-refractivity contribution in [2.75, 3.05) is 0 Å². The van der Waals surface area contributed by atoms with Gasteiger partial charge in [0.1, 0.15) is 0 Å². The van der Waals surface area contributed by atoms with E-state index in [4.69, 9.17) is 0 Å². The number of hydrogen-bond donors (Lipinski definition) is 0. The minimum atomic E-state index is -1.17. The number of aryl methyl sites for hydroxylation is 1. The van der Waals surface area contributed by atoms with Crippen molar-refractivity contribution in [2.24, 2.45) is 0 Å². The van der Waals surface area contributed by atoms with Crippen molar-refractivity contribution < 1.29 is 18.3 Å². The molecule has 0 bridgehead atoms. The van der Waals surface area contributed by atoms with Crippen LogP contribution in [-0.4, -0.2) is 6.47 Å². The van der Waals surface area contributed by atoms with Crippen molar-refractivity contribution >= 4 is 6.47 Å². The van der Waals surface area contributed by atoms with E-state index < -0.39 is 17.4 Å². The van der Waals surface area contributed by atoms with Crippen LogP contribution >= 0.6 is 0 Å². The summed E-state index contributed by atoms with van der Waals surface area (Å²) in [6.07, 6.45) is 0. The van der Waals surface area contributed by atoms with Crippen LogP contribution < -0.4 is 4.74 Å². The van der Waals surface area contributed by atoms with Crippen LogP contribution in [0.2, 0.25) is 0 Å². The summed E-state index contributed by atoms with van der Waals surface area (Å²) in [7, 11) is 0. The topological polar surface area (TPSA) is 26.3 Å². The maximum atomic E-state index is 13.8. The van der Waals surface area contributed by atoms with E-state index in [0.29, 0.717) is 5.56 Å². The van der Waals surface area contributed by atoms with E-state index in [1.807, 2.05) is 19.1 Å². The summed E-state index contributed by atoms with van der Waals surface area (Å²) in [6.45, 7) is 1.96. The molecule has 92 valence electrons. The number of benzene rings is 2. The van der Waals surface area contributed by atoms with Crippen molar-refractivity contribution in [2.45, 2.75) is 6.92 Å². The molecule has 0 spiro atoms. The summed E-state index contributed by atoms with van der Waals surface area (Å²) in [5.41, 5.74) is 1.72. The van der Waals surface area contributed by atoms with Crippen molar-refractivity contribution in [3.63, 3.8) is 0 Å². The highest BCUT2D eigenvalue weighted by Gasteiger charge is 2.15. The molecule has 4 heteroatoms. The van der Waals surface area contributed by atoms with Gasteiger partial charge in [-0.15, -0.1) is 0 Å². The highest BCUT2D eigenvalue weighted by Crippen LogP contribution is 2.29.